The van der Waals surface area contributed by atoms with E-state index >= 15 is 0 Å². The summed E-state index contributed by atoms with van der Waals surface area (Å²) < 4.78 is 4.66. The van der Waals surface area contributed by atoms with E-state index in [4.69, 9.17) is 11.6 Å². The van der Waals surface area contributed by atoms with Crippen LogP contribution in [0.25, 0.3) is 0 Å². The number of ether oxygens (including phenoxy) is 1. The molecule has 2 unspecified atom stereocenters. The van der Waals surface area contributed by atoms with Crippen LogP contribution in [-0.4, -0.2) is 25.2 Å². The predicted molar refractivity (Wildman–Crippen MR) is 69.2 cm³/mol. The maximum Gasteiger partial charge on any atom is 0.322 e. The number of methoxy groups -OCH3 is 1. The van der Waals surface area contributed by atoms with E-state index in [-0.39, 0.29) is 18.1 Å². The molecule has 0 amide bonds. The summed E-state index contributed by atoms with van der Waals surface area (Å²) in [6.45, 7) is 3.80. The van der Waals surface area contributed by atoms with Crippen LogP contribution >= 0.6 is 11.6 Å². The van der Waals surface area contributed by atoms with Gasteiger partial charge >= 0.3 is 5.97 Å². The summed E-state index contributed by atoms with van der Waals surface area (Å²) in [5, 5.41) is 3.93. The second kappa shape index (κ2) is 6.62. The maximum atomic E-state index is 11.3. The molecule has 0 saturated carbocycles. The molecule has 2 atom stereocenters. The fourth-order valence-corrected chi connectivity index (χ4v) is 1.94. The summed E-state index contributed by atoms with van der Waals surface area (Å²) >= 11 is 6.08. The van der Waals surface area contributed by atoms with Crippen molar-refractivity contribution in [1.82, 2.24) is 5.32 Å². The summed E-state index contributed by atoms with van der Waals surface area (Å²) in [6.07, 6.45) is 0.779. The molecule has 1 rings (SSSR count). The van der Waals surface area contributed by atoms with Crippen LogP contribution in [0, 0.1) is 0 Å². The summed E-state index contributed by atoms with van der Waals surface area (Å²) in [7, 11) is 1.39. The third-order valence-electron chi connectivity index (χ3n) is 2.57. The van der Waals surface area contributed by atoms with Gasteiger partial charge in [0.1, 0.15) is 6.04 Å². The number of nitrogens with one attached hydrogen (secondary N) is 1. The average molecular weight is 256 g/mol. The van der Waals surface area contributed by atoms with Crippen molar-refractivity contribution in [2.75, 3.05) is 7.11 Å². The van der Waals surface area contributed by atoms with Crippen LogP contribution < -0.4 is 5.32 Å². The molecule has 17 heavy (non-hydrogen) atoms. The molecule has 1 aromatic rings. The van der Waals surface area contributed by atoms with Crippen molar-refractivity contribution in [2.45, 2.75) is 32.4 Å². The van der Waals surface area contributed by atoms with Crippen LogP contribution in [0.2, 0.25) is 5.02 Å². The quantitative estimate of drug-likeness (QED) is 0.822. The first-order valence-corrected chi connectivity index (χ1v) is 5.99. The van der Waals surface area contributed by atoms with Crippen molar-refractivity contribution in [1.29, 1.82) is 0 Å². The van der Waals surface area contributed by atoms with Crippen LogP contribution in [0.4, 0.5) is 0 Å². The lowest BCUT2D eigenvalue weighted by Crippen LogP contribution is -2.41. The monoisotopic (exact) mass is 255 g/mol. The highest BCUT2D eigenvalue weighted by Crippen LogP contribution is 2.16. The Morgan fingerprint density at radius 1 is 1.41 bits per heavy atom. The molecule has 0 aliphatic heterocycles. The molecule has 1 aromatic carbocycles. The van der Waals surface area contributed by atoms with E-state index in [1.54, 1.807) is 6.92 Å². The van der Waals surface area contributed by atoms with Gasteiger partial charge in [-0.3, -0.25) is 4.79 Å². The largest absolute Gasteiger partial charge is 0.468 e. The molecule has 1 N–H and O–H groups in total. The smallest absolute Gasteiger partial charge is 0.322 e. The van der Waals surface area contributed by atoms with Crippen molar-refractivity contribution < 1.29 is 9.53 Å². The van der Waals surface area contributed by atoms with Gasteiger partial charge in [0.15, 0.2) is 0 Å². The lowest BCUT2D eigenvalue weighted by atomic mass is 10.1. The molecule has 0 spiro atoms. The molecule has 0 aromatic heterocycles. The lowest BCUT2D eigenvalue weighted by molar-refractivity contribution is -0.142. The summed E-state index contributed by atoms with van der Waals surface area (Å²) in [6, 6.07) is 7.57. The first-order valence-electron chi connectivity index (χ1n) is 5.62. The van der Waals surface area contributed by atoms with Crippen molar-refractivity contribution in [3.05, 3.63) is 34.9 Å². The van der Waals surface area contributed by atoms with Crippen molar-refractivity contribution >= 4 is 17.6 Å². The van der Waals surface area contributed by atoms with Crippen molar-refractivity contribution in [3.8, 4) is 0 Å². The third kappa shape index (κ3) is 4.36. The van der Waals surface area contributed by atoms with Crippen LogP contribution in [0.1, 0.15) is 19.4 Å². The minimum absolute atomic E-state index is 0.156. The van der Waals surface area contributed by atoms with Gasteiger partial charge in [-0.15, -0.1) is 0 Å². The zero-order valence-corrected chi connectivity index (χ0v) is 11.1. The number of halogens is 1. The molecular weight excluding hydrogens is 238 g/mol. The Morgan fingerprint density at radius 2 is 2.06 bits per heavy atom. The minimum Gasteiger partial charge on any atom is -0.468 e. The molecule has 0 heterocycles. The van der Waals surface area contributed by atoms with E-state index in [1.165, 1.54) is 7.11 Å². The zero-order valence-electron chi connectivity index (χ0n) is 10.4. The first kappa shape index (κ1) is 14.0. The average Bonchev–Trinajstić information content (AvgIpc) is 2.31. The molecule has 4 heteroatoms. The van der Waals surface area contributed by atoms with Crippen molar-refractivity contribution in [3.63, 3.8) is 0 Å². The van der Waals surface area contributed by atoms with E-state index in [0.29, 0.717) is 0 Å². The van der Waals surface area contributed by atoms with Gasteiger partial charge in [-0.2, -0.15) is 0 Å². The Hall–Kier alpha value is -1.06. The van der Waals surface area contributed by atoms with Gasteiger partial charge in [0.2, 0.25) is 0 Å². The normalized spacial score (nSPS) is 14.1. The fourth-order valence-electron chi connectivity index (χ4n) is 1.72. The Balaban J connectivity index is 2.53. The van der Waals surface area contributed by atoms with E-state index in [1.807, 2.05) is 31.2 Å². The minimum atomic E-state index is -0.308. The molecule has 0 aliphatic carbocycles. The van der Waals surface area contributed by atoms with Gasteiger partial charge < -0.3 is 10.1 Å². The zero-order chi connectivity index (χ0) is 12.8. The molecule has 0 saturated heterocycles. The SMILES string of the molecule is COC(=O)C(C)NC(C)Cc1ccccc1Cl. The first-order chi connectivity index (χ1) is 8.04. The topological polar surface area (TPSA) is 38.3 Å². The molecule has 3 nitrogen and oxygen atoms in total. The Labute approximate surface area is 107 Å². The fraction of sp³-hybridized carbons (Fsp3) is 0.462. The van der Waals surface area contributed by atoms with Gasteiger partial charge in [-0.1, -0.05) is 29.8 Å². The molecule has 0 fully saturated rings. The highest BCUT2D eigenvalue weighted by molar-refractivity contribution is 6.31. The van der Waals surface area contributed by atoms with E-state index in [0.717, 1.165) is 17.0 Å². The van der Waals surface area contributed by atoms with E-state index in [2.05, 4.69) is 10.1 Å². The summed E-state index contributed by atoms with van der Waals surface area (Å²) in [5.41, 5.74) is 1.08. The van der Waals surface area contributed by atoms with Crippen molar-refractivity contribution in [2.24, 2.45) is 0 Å². The Kier molecular flexibility index (Phi) is 5.45. The van der Waals surface area contributed by atoms with Gasteiger partial charge in [0, 0.05) is 11.1 Å². The van der Waals surface area contributed by atoms with E-state index in [9.17, 15) is 4.79 Å². The molecular formula is C13H18ClNO2. The molecule has 0 bridgehead atoms. The number of rotatable bonds is 5. The lowest BCUT2D eigenvalue weighted by Gasteiger charge is -2.18. The Bertz CT molecular complexity index is 381. The van der Waals surface area contributed by atoms with Gasteiger partial charge in [-0.05, 0) is 31.9 Å². The standard InChI is InChI=1S/C13H18ClNO2/c1-9(15-10(2)13(16)17-3)8-11-6-4-5-7-12(11)14/h4-7,9-10,15H,8H2,1-3H3. The number of hydrogen-bond donors (Lipinski definition) is 1. The van der Waals surface area contributed by atoms with Crippen LogP contribution in [-0.2, 0) is 16.0 Å². The summed E-state index contributed by atoms with van der Waals surface area (Å²) in [4.78, 5) is 11.3. The third-order valence-corrected chi connectivity index (χ3v) is 2.94. The van der Waals surface area contributed by atoms with Gasteiger partial charge in [0.05, 0.1) is 7.11 Å². The highest BCUT2D eigenvalue weighted by atomic mass is 35.5. The van der Waals surface area contributed by atoms with Gasteiger partial charge in [-0.25, -0.2) is 0 Å². The number of benzene rings is 1. The number of carbonyl (C=O) groups is 1. The van der Waals surface area contributed by atoms with Crippen LogP contribution in [0.3, 0.4) is 0 Å². The van der Waals surface area contributed by atoms with Gasteiger partial charge in [0.25, 0.3) is 0 Å². The van der Waals surface area contributed by atoms with E-state index < -0.39 is 0 Å². The molecule has 0 radical (unpaired) electrons. The second-order valence-electron chi connectivity index (χ2n) is 4.11. The molecule has 0 aliphatic rings. The molecule has 94 valence electrons. The highest BCUT2D eigenvalue weighted by Gasteiger charge is 2.16. The number of esters is 1. The van der Waals surface area contributed by atoms with Crippen LogP contribution in [0.15, 0.2) is 24.3 Å². The number of hydrogen-bond acceptors (Lipinski definition) is 3. The Morgan fingerprint density at radius 3 is 2.65 bits per heavy atom. The maximum absolute atomic E-state index is 11.3. The predicted octanol–water partition coefficient (Wildman–Crippen LogP) is 2.42. The summed E-state index contributed by atoms with van der Waals surface area (Å²) in [5.74, 6) is -0.254. The number of carbonyl (C=O) groups excluding carboxylic acids is 1. The van der Waals surface area contributed by atoms with Crippen LogP contribution in [0.5, 0.6) is 0 Å². The second-order valence-corrected chi connectivity index (χ2v) is 4.52.